The van der Waals surface area contributed by atoms with Gasteiger partial charge in [0.15, 0.2) is 0 Å². The van der Waals surface area contributed by atoms with Gasteiger partial charge in [-0.25, -0.2) is 19.6 Å². The van der Waals surface area contributed by atoms with Crippen LogP contribution in [0.2, 0.25) is 0 Å². The summed E-state index contributed by atoms with van der Waals surface area (Å²) in [6.07, 6.45) is -4.00. The van der Waals surface area contributed by atoms with E-state index in [1.807, 2.05) is 30.9 Å². The molecule has 0 spiro atoms. The molecule has 2 aliphatic heterocycles. The number of amides is 1. The van der Waals surface area contributed by atoms with E-state index in [-0.39, 0.29) is 11.9 Å². The number of aliphatic carboxylic acids is 2. The van der Waals surface area contributed by atoms with Crippen LogP contribution in [0.4, 0.5) is 32.2 Å². The first-order valence-corrected chi connectivity index (χ1v) is 12.9. The van der Waals surface area contributed by atoms with E-state index in [4.69, 9.17) is 19.8 Å². The minimum absolute atomic E-state index is 0.0875. The lowest BCUT2D eigenvalue weighted by atomic mass is 9.96. The van der Waals surface area contributed by atoms with E-state index in [1.165, 1.54) is 0 Å². The predicted octanol–water partition coefficient (Wildman–Crippen LogP) is 2.19. The third kappa shape index (κ3) is 11.3. The molecule has 1 amide bonds. The van der Waals surface area contributed by atoms with Crippen molar-refractivity contribution in [2.45, 2.75) is 65.1 Å². The fourth-order valence-corrected chi connectivity index (χ4v) is 4.18. The van der Waals surface area contributed by atoms with Crippen LogP contribution in [0.3, 0.4) is 0 Å². The number of rotatable bonds is 5. The number of aromatic nitrogens is 5. The average Bonchev–Trinajstić information content (AvgIpc) is 3.35. The standard InChI is InChI=1S/C20H30N8O.2C2HF3O2/c1-14-10-22-16(3)23-19(14)26-7-4-17(5-8-26)11-28-13-18(24-25-28)12-27-9-6-21-20(29)15(27)2;2*3-2(4,5)1(6)7/h10,13,15,17H,4-9,11-12H2,1-3H3,(H,21,29);2*(H,6,7). The summed E-state index contributed by atoms with van der Waals surface area (Å²) in [6.45, 7) is 11.1. The van der Waals surface area contributed by atoms with Gasteiger partial charge in [-0.3, -0.25) is 14.4 Å². The topological polar surface area (TPSA) is 167 Å². The van der Waals surface area contributed by atoms with Gasteiger partial charge in [-0.05, 0) is 39.5 Å². The molecule has 13 nitrogen and oxygen atoms in total. The maximum atomic E-state index is 11.8. The smallest absolute Gasteiger partial charge is 0.475 e. The zero-order valence-electron chi connectivity index (χ0n) is 23.5. The Kier molecular flexibility index (Phi) is 12.2. The van der Waals surface area contributed by atoms with Crippen LogP contribution in [-0.2, 0) is 27.5 Å². The molecule has 0 saturated carbocycles. The molecule has 0 aliphatic carbocycles. The van der Waals surface area contributed by atoms with E-state index in [9.17, 15) is 31.1 Å². The first-order valence-electron chi connectivity index (χ1n) is 12.9. The zero-order valence-corrected chi connectivity index (χ0v) is 23.5. The molecule has 19 heteroatoms. The Labute approximate surface area is 241 Å². The molecular weight excluding hydrogens is 594 g/mol. The fourth-order valence-electron chi connectivity index (χ4n) is 4.18. The van der Waals surface area contributed by atoms with Crippen LogP contribution in [0.25, 0.3) is 0 Å². The summed E-state index contributed by atoms with van der Waals surface area (Å²) in [5.74, 6) is -2.95. The maximum Gasteiger partial charge on any atom is 0.490 e. The van der Waals surface area contributed by atoms with Crippen molar-refractivity contribution in [3.05, 3.63) is 29.5 Å². The maximum absolute atomic E-state index is 11.8. The first kappa shape index (κ1) is 35.2. The highest BCUT2D eigenvalue weighted by atomic mass is 19.4. The highest BCUT2D eigenvalue weighted by Crippen LogP contribution is 2.25. The number of carbonyl (C=O) groups is 3. The molecule has 0 bridgehead atoms. The molecule has 2 saturated heterocycles. The van der Waals surface area contributed by atoms with Gasteiger partial charge in [0, 0.05) is 57.2 Å². The van der Waals surface area contributed by atoms with Crippen molar-refractivity contribution in [1.82, 2.24) is 35.2 Å². The predicted molar refractivity (Wildman–Crippen MR) is 137 cm³/mol. The minimum Gasteiger partial charge on any atom is -0.475 e. The summed E-state index contributed by atoms with van der Waals surface area (Å²) in [7, 11) is 0. The molecule has 2 aromatic heterocycles. The zero-order chi connectivity index (χ0) is 32.5. The van der Waals surface area contributed by atoms with Crippen molar-refractivity contribution < 1.29 is 50.9 Å². The van der Waals surface area contributed by atoms with Crippen LogP contribution >= 0.6 is 0 Å². The second-order valence-electron chi connectivity index (χ2n) is 9.83. The Morgan fingerprint density at radius 1 is 1.02 bits per heavy atom. The van der Waals surface area contributed by atoms with Crippen LogP contribution in [0.1, 0.15) is 36.8 Å². The van der Waals surface area contributed by atoms with Gasteiger partial charge < -0.3 is 20.4 Å². The molecule has 4 heterocycles. The number of hydrogen-bond donors (Lipinski definition) is 3. The number of piperazine rings is 1. The van der Waals surface area contributed by atoms with Gasteiger partial charge in [-0.2, -0.15) is 26.3 Å². The van der Waals surface area contributed by atoms with Crippen molar-refractivity contribution in [1.29, 1.82) is 0 Å². The molecule has 0 aromatic carbocycles. The SMILES string of the molecule is Cc1ncc(C)c(N2CCC(Cn3cc(CN4CCNC(=O)C4C)nn3)CC2)n1.O=C(O)C(F)(F)F.O=C(O)C(F)(F)F. The molecule has 1 atom stereocenters. The number of carbonyl (C=O) groups excluding carboxylic acids is 1. The number of alkyl halides is 6. The number of anilines is 1. The Morgan fingerprint density at radius 3 is 2.12 bits per heavy atom. The van der Waals surface area contributed by atoms with Crippen LogP contribution in [0.15, 0.2) is 12.4 Å². The summed E-state index contributed by atoms with van der Waals surface area (Å²) in [5, 5.41) is 25.8. The third-order valence-corrected chi connectivity index (χ3v) is 6.49. The van der Waals surface area contributed by atoms with Crippen molar-refractivity contribution in [2.24, 2.45) is 5.92 Å². The lowest BCUT2D eigenvalue weighted by molar-refractivity contribution is -0.193. The highest BCUT2D eigenvalue weighted by Gasteiger charge is 2.39. The summed E-state index contributed by atoms with van der Waals surface area (Å²) in [4.78, 5) is 43.0. The molecule has 2 fully saturated rings. The van der Waals surface area contributed by atoms with Crippen LogP contribution in [-0.4, -0.2) is 102 Å². The van der Waals surface area contributed by atoms with Crippen LogP contribution < -0.4 is 10.2 Å². The lowest BCUT2D eigenvalue weighted by Crippen LogP contribution is -2.53. The van der Waals surface area contributed by atoms with Crippen LogP contribution in [0, 0.1) is 19.8 Å². The van der Waals surface area contributed by atoms with E-state index >= 15 is 0 Å². The first-order chi connectivity index (χ1) is 19.9. The van der Waals surface area contributed by atoms with Crippen LogP contribution in [0.5, 0.6) is 0 Å². The molecule has 240 valence electrons. The molecule has 43 heavy (non-hydrogen) atoms. The second kappa shape index (κ2) is 14.9. The monoisotopic (exact) mass is 626 g/mol. The second-order valence-corrected chi connectivity index (χ2v) is 9.83. The Bertz CT molecular complexity index is 1220. The lowest BCUT2D eigenvalue weighted by Gasteiger charge is -2.33. The van der Waals surface area contributed by atoms with Crippen molar-refractivity contribution in [3.8, 4) is 0 Å². The van der Waals surface area contributed by atoms with Gasteiger partial charge in [-0.1, -0.05) is 5.21 Å². The van der Waals surface area contributed by atoms with Gasteiger partial charge in [0.05, 0.1) is 11.7 Å². The number of nitrogens with zero attached hydrogens (tertiary/aromatic N) is 7. The minimum atomic E-state index is -5.08. The van der Waals surface area contributed by atoms with E-state index in [1.54, 1.807) is 0 Å². The summed E-state index contributed by atoms with van der Waals surface area (Å²) in [5.41, 5.74) is 2.06. The van der Waals surface area contributed by atoms with E-state index < -0.39 is 24.3 Å². The molecule has 1 unspecified atom stereocenters. The molecular formula is C24H32F6N8O5. The van der Waals surface area contributed by atoms with Crippen molar-refractivity contribution in [3.63, 3.8) is 0 Å². The fraction of sp³-hybridized carbons (Fsp3) is 0.625. The highest BCUT2D eigenvalue weighted by molar-refractivity contribution is 5.82. The summed E-state index contributed by atoms with van der Waals surface area (Å²) < 4.78 is 65.4. The molecule has 4 rings (SSSR count). The number of carboxylic acid groups (broad SMARTS) is 2. The van der Waals surface area contributed by atoms with E-state index in [2.05, 4.69) is 42.3 Å². The summed E-state index contributed by atoms with van der Waals surface area (Å²) in [6, 6.07) is -0.118. The van der Waals surface area contributed by atoms with Crippen molar-refractivity contribution in [2.75, 3.05) is 31.1 Å². The quantitative estimate of drug-likeness (QED) is 0.417. The van der Waals surface area contributed by atoms with Gasteiger partial charge in [0.2, 0.25) is 5.91 Å². The average molecular weight is 627 g/mol. The molecule has 2 aromatic rings. The van der Waals surface area contributed by atoms with E-state index in [0.717, 1.165) is 61.9 Å². The number of halogens is 6. The summed E-state index contributed by atoms with van der Waals surface area (Å²) >= 11 is 0. The number of hydrogen-bond acceptors (Lipinski definition) is 9. The van der Waals surface area contributed by atoms with E-state index in [0.29, 0.717) is 19.0 Å². The number of aryl methyl sites for hydroxylation is 2. The van der Waals surface area contributed by atoms with Crippen molar-refractivity contribution >= 4 is 23.7 Å². The number of piperidine rings is 1. The number of nitrogens with one attached hydrogen (secondary N) is 1. The largest absolute Gasteiger partial charge is 0.490 e. The molecule has 0 radical (unpaired) electrons. The Hall–Kier alpha value is -4.03. The molecule has 2 aliphatic rings. The molecule has 3 N–H and O–H groups in total. The van der Waals surface area contributed by atoms with Gasteiger partial charge in [0.1, 0.15) is 11.6 Å². The Balaban J connectivity index is 0.000000384. The normalized spacial score (nSPS) is 18.1. The van der Waals surface area contributed by atoms with Gasteiger partial charge >= 0.3 is 24.3 Å². The van der Waals surface area contributed by atoms with Gasteiger partial charge in [0.25, 0.3) is 0 Å². The number of carboxylic acids is 2. The van der Waals surface area contributed by atoms with Gasteiger partial charge in [-0.15, -0.1) is 5.10 Å². The third-order valence-electron chi connectivity index (χ3n) is 6.49. The Morgan fingerprint density at radius 2 is 1.58 bits per heavy atom.